The number of fused-ring (bicyclic) bond motifs is 2. The van der Waals surface area contributed by atoms with Crippen LogP contribution in [-0.2, 0) is 0 Å². The Morgan fingerprint density at radius 3 is 2.67 bits per heavy atom. The summed E-state index contributed by atoms with van der Waals surface area (Å²) in [4.78, 5) is 0. The van der Waals surface area contributed by atoms with Gasteiger partial charge in [-0.1, -0.05) is 13.3 Å². The predicted molar refractivity (Wildman–Crippen MR) is 38.3 cm³/mol. The molecule has 3 unspecified atom stereocenters. The van der Waals surface area contributed by atoms with Crippen LogP contribution in [0.25, 0.3) is 0 Å². The van der Waals surface area contributed by atoms with Crippen molar-refractivity contribution in [3.63, 3.8) is 0 Å². The minimum atomic E-state index is 0.531. The van der Waals surface area contributed by atoms with Crippen LogP contribution >= 0.6 is 0 Å². The zero-order chi connectivity index (χ0) is 6.48. The first-order valence-electron chi connectivity index (χ1n) is 4.00. The Morgan fingerprint density at radius 2 is 2.33 bits per heavy atom. The topological polar surface area (TPSA) is 12.0 Å². The molecule has 0 spiro atoms. The highest BCUT2D eigenvalue weighted by Gasteiger charge is 2.49. The van der Waals surface area contributed by atoms with E-state index in [0.29, 0.717) is 5.54 Å². The Kier molecular flexibility index (Phi) is 0.963. The molecule has 0 radical (unpaired) electrons. The first kappa shape index (κ1) is 5.72. The van der Waals surface area contributed by atoms with E-state index in [-0.39, 0.29) is 0 Å². The van der Waals surface area contributed by atoms with Gasteiger partial charge in [0.1, 0.15) is 0 Å². The van der Waals surface area contributed by atoms with E-state index >= 15 is 0 Å². The summed E-state index contributed by atoms with van der Waals surface area (Å²) in [7, 11) is 0. The molecule has 2 bridgehead atoms. The van der Waals surface area contributed by atoms with Crippen LogP contribution < -0.4 is 5.32 Å². The monoisotopic (exact) mass is 125 g/mol. The van der Waals surface area contributed by atoms with Gasteiger partial charge >= 0.3 is 0 Å². The number of rotatable bonds is 0. The Balaban J connectivity index is 2.13. The van der Waals surface area contributed by atoms with E-state index in [9.17, 15) is 0 Å². The van der Waals surface area contributed by atoms with Gasteiger partial charge in [0.2, 0.25) is 0 Å². The number of hydrogen-bond acceptors (Lipinski definition) is 1. The van der Waals surface area contributed by atoms with Crippen molar-refractivity contribution in [1.82, 2.24) is 5.32 Å². The summed E-state index contributed by atoms with van der Waals surface area (Å²) < 4.78 is 0. The third kappa shape index (κ3) is 0.586. The van der Waals surface area contributed by atoms with Crippen molar-refractivity contribution in [2.24, 2.45) is 5.92 Å². The standard InChI is InChI=1S/C8H15N/c1-6-7-4-3-5-8(6,2)9-7/h6-7,9H,3-5H2,1-2H3. The molecule has 3 fully saturated rings. The van der Waals surface area contributed by atoms with Gasteiger partial charge in [0, 0.05) is 11.6 Å². The molecule has 1 aliphatic carbocycles. The zero-order valence-electron chi connectivity index (χ0n) is 6.28. The van der Waals surface area contributed by atoms with E-state index in [1.807, 2.05) is 0 Å². The third-order valence-corrected chi connectivity index (χ3v) is 3.33. The minimum Gasteiger partial charge on any atom is -0.308 e. The van der Waals surface area contributed by atoms with Crippen molar-refractivity contribution in [1.29, 1.82) is 0 Å². The Labute approximate surface area is 56.8 Å². The van der Waals surface area contributed by atoms with Gasteiger partial charge in [-0.3, -0.25) is 0 Å². The van der Waals surface area contributed by atoms with Crippen molar-refractivity contribution >= 4 is 0 Å². The summed E-state index contributed by atoms with van der Waals surface area (Å²) in [5, 5.41) is 3.61. The summed E-state index contributed by atoms with van der Waals surface area (Å²) in [5.74, 6) is 0.936. The number of hydrogen-bond donors (Lipinski definition) is 1. The van der Waals surface area contributed by atoms with Gasteiger partial charge < -0.3 is 5.32 Å². The maximum atomic E-state index is 3.61. The molecule has 1 N–H and O–H groups in total. The van der Waals surface area contributed by atoms with E-state index < -0.39 is 0 Å². The van der Waals surface area contributed by atoms with E-state index in [0.717, 1.165) is 12.0 Å². The molecule has 52 valence electrons. The Hall–Kier alpha value is -0.0400. The lowest BCUT2D eigenvalue weighted by Crippen LogP contribution is -2.71. The molecule has 1 saturated carbocycles. The highest BCUT2D eigenvalue weighted by Crippen LogP contribution is 2.42. The Morgan fingerprint density at radius 1 is 1.56 bits per heavy atom. The fraction of sp³-hybridized carbons (Fsp3) is 1.00. The van der Waals surface area contributed by atoms with Crippen molar-refractivity contribution in [2.75, 3.05) is 0 Å². The molecule has 3 atom stereocenters. The van der Waals surface area contributed by atoms with Gasteiger partial charge in [-0.15, -0.1) is 0 Å². The molecule has 3 aliphatic rings. The first-order valence-corrected chi connectivity index (χ1v) is 4.00. The molecule has 1 nitrogen and oxygen atoms in total. The summed E-state index contributed by atoms with van der Waals surface area (Å²) in [5.41, 5.74) is 0.531. The molecular formula is C8H15N. The van der Waals surface area contributed by atoms with E-state index in [2.05, 4.69) is 19.2 Å². The smallest absolute Gasteiger partial charge is 0.0196 e. The molecule has 3 rings (SSSR count). The molecule has 9 heavy (non-hydrogen) atoms. The molecule has 0 aromatic rings. The molecule has 2 saturated heterocycles. The van der Waals surface area contributed by atoms with Crippen LogP contribution in [0.1, 0.15) is 33.1 Å². The van der Waals surface area contributed by atoms with Gasteiger partial charge in [-0.2, -0.15) is 0 Å². The molecule has 1 heteroatoms. The minimum absolute atomic E-state index is 0.531. The lowest BCUT2D eigenvalue weighted by Gasteiger charge is -2.57. The van der Waals surface area contributed by atoms with E-state index in [1.54, 1.807) is 0 Å². The molecule has 0 aromatic carbocycles. The number of piperidine rings is 1. The third-order valence-electron chi connectivity index (χ3n) is 3.33. The number of nitrogens with one attached hydrogen (secondary N) is 1. The van der Waals surface area contributed by atoms with Crippen LogP contribution in [0.5, 0.6) is 0 Å². The Bertz CT molecular complexity index is 129. The van der Waals surface area contributed by atoms with Gasteiger partial charge in [-0.05, 0) is 25.7 Å². The van der Waals surface area contributed by atoms with Crippen LogP contribution in [-0.4, -0.2) is 11.6 Å². The van der Waals surface area contributed by atoms with Crippen molar-refractivity contribution in [3.05, 3.63) is 0 Å². The van der Waals surface area contributed by atoms with Crippen LogP contribution in [0.3, 0.4) is 0 Å². The van der Waals surface area contributed by atoms with Crippen LogP contribution in [0.4, 0.5) is 0 Å². The highest BCUT2D eigenvalue weighted by molar-refractivity contribution is 5.08. The van der Waals surface area contributed by atoms with Crippen LogP contribution in [0, 0.1) is 5.92 Å². The fourth-order valence-electron chi connectivity index (χ4n) is 2.34. The van der Waals surface area contributed by atoms with Crippen LogP contribution in [0.2, 0.25) is 0 Å². The second-order valence-electron chi connectivity index (χ2n) is 3.85. The van der Waals surface area contributed by atoms with Gasteiger partial charge in [0.15, 0.2) is 0 Å². The lowest BCUT2D eigenvalue weighted by atomic mass is 9.64. The summed E-state index contributed by atoms with van der Waals surface area (Å²) in [6, 6.07) is 0.865. The summed E-state index contributed by atoms with van der Waals surface area (Å²) >= 11 is 0. The SMILES string of the molecule is CC1C2CCCC1(C)N2. The van der Waals surface area contributed by atoms with E-state index in [1.165, 1.54) is 19.3 Å². The zero-order valence-corrected chi connectivity index (χ0v) is 6.28. The van der Waals surface area contributed by atoms with Gasteiger partial charge in [0.05, 0.1) is 0 Å². The second kappa shape index (κ2) is 1.51. The molecule has 2 heterocycles. The predicted octanol–water partition coefficient (Wildman–Crippen LogP) is 1.54. The maximum absolute atomic E-state index is 3.61. The molecule has 0 amide bonds. The van der Waals surface area contributed by atoms with Crippen molar-refractivity contribution in [2.45, 2.75) is 44.7 Å². The maximum Gasteiger partial charge on any atom is 0.0196 e. The van der Waals surface area contributed by atoms with Crippen molar-refractivity contribution in [3.8, 4) is 0 Å². The van der Waals surface area contributed by atoms with Crippen LogP contribution in [0.15, 0.2) is 0 Å². The molecule has 0 aromatic heterocycles. The summed E-state index contributed by atoms with van der Waals surface area (Å²) in [6.45, 7) is 4.73. The average molecular weight is 125 g/mol. The lowest BCUT2D eigenvalue weighted by molar-refractivity contribution is 0.0101. The summed E-state index contributed by atoms with van der Waals surface area (Å²) in [6.07, 6.45) is 4.25. The quantitative estimate of drug-likeness (QED) is 0.518. The average Bonchev–Trinajstić information content (AvgIpc) is 1.88. The largest absolute Gasteiger partial charge is 0.308 e. The fourth-order valence-corrected chi connectivity index (χ4v) is 2.34. The van der Waals surface area contributed by atoms with Gasteiger partial charge in [0.25, 0.3) is 0 Å². The second-order valence-corrected chi connectivity index (χ2v) is 3.85. The highest BCUT2D eigenvalue weighted by atomic mass is 15.1. The molecule has 2 aliphatic heterocycles. The normalized spacial score (nSPS) is 56.7. The van der Waals surface area contributed by atoms with Crippen molar-refractivity contribution < 1.29 is 0 Å². The van der Waals surface area contributed by atoms with Gasteiger partial charge in [-0.25, -0.2) is 0 Å². The first-order chi connectivity index (χ1) is 4.22. The molecular weight excluding hydrogens is 110 g/mol. The van der Waals surface area contributed by atoms with E-state index in [4.69, 9.17) is 0 Å².